The molecule has 0 unspecified atom stereocenters. The van der Waals surface area contributed by atoms with Crippen LogP contribution in [0.25, 0.3) is 0 Å². The molecule has 0 aromatic heterocycles. The van der Waals surface area contributed by atoms with Crippen LogP contribution in [0.3, 0.4) is 0 Å². The third-order valence-electron chi connectivity index (χ3n) is 1.25. The van der Waals surface area contributed by atoms with Crippen LogP contribution < -0.4 is 0 Å². The number of nitrogens with zero attached hydrogens (tertiary/aromatic N) is 1. The van der Waals surface area contributed by atoms with Crippen LogP contribution in [0, 0.1) is 0 Å². The van der Waals surface area contributed by atoms with Crippen LogP contribution in [-0.4, -0.2) is 6.21 Å². The summed E-state index contributed by atoms with van der Waals surface area (Å²) in [5, 5.41) is 0. The van der Waals surface area contributed by atoms with Gasteiger partial charge in [-0.2, -0.15) is 0 Å². The molecule has 0 spiro atoms. The molecule has 0 saturated carbocycles. The van der Waals surface area contributed by atoms with Gasteiger partial charge in [-0.3, -0.25) is 4.99 Å². The Bertz CT molecular complexity index is 159. The normalized spacial score (nSPS) is 18.6. The molecule has 0 N–H and O–H groups in total. The third kappa shape index (κ3) is 1.84. The summed E-state index contributed by atoms with van der Waals surface area (Å²) in [6, 6.07) is 0. The number of hydrogen-bond acceptors (Lipinski definition) is 1. The quantitative estimate of drug-likeness (QED) is 0.472. The van der Waals surface area contributed by atoms with Crippen LogP contribution >= 0.6 is 0 Å². The Morgan fingerprint density at radius 1 is 1.56 bits per heavy atom. The van der Waals surface area contributed by atoms with Crippen LogP contribution in [0.15, 0.2) is 28.9 Å². The van der Waals surface area contributed by atoms with Gasteiger partial charge in [0.05, 0.1) is 5.70 Å². The molecule has 1 aliphatic rings. The molecule has 1 nitrogen and oxygen atoms in total. The van der Waals surface area contributed by atoms with Gasteiger partial charge in [0.2, 0.25) is 0 Å². The summed E-state index contributed by atoms with van der Waals surface area (Å²) in [6.07, 6.45) is 10.5. The van der Waals surface area contributed by atoms with Crippen molar-refractivity contribution >= 4 is 6.21 Å². The summed E-state index contributed by atoms with van der Waals surface area (Å²) in [4.78, 5) is 4.13. The van der Waals surface area contributed by atoms with Crippen molar-refractivity contribution in [2.24, 2.45) is 4.99 Å². The van der Waals surface area contributed by atoms with Crippen molar-refractivity contribution < 1.29 is 0 Å². The number of rotatable bonds is 1. The lowest BCUT2D eigenvalue weighted by Crippen LogP contribution is -1.79. The Kier molecular flexibility index (Phi) is 2.25. The molecule has 0 aromatic rings. The Hall–Kier alpha value is -0.850. The van der Waals surface area contributed by atoms with E-state index in [1.807, 2.05) is 13.1 Å². The van der Waals surface area contributed by atoms with Gasteiger partial charge in [-0.15, -0.1) is 0 Å². The highest BCUT2D eigenvalue weighted by molar-refractivity contribution is 5.56. The lowest BCUT2D eigenvalue weighted by Gasteiger charge is -1.98. The second-order valence-corrected chi connectivity index (χ2v) is 2.00. The van der Waals surface area contributed by atoms with E-state index in [4.69, 9.17) is 0 Å². The van der Waals surface area contributed by atoms with Gasteiger partial charge in [-0.1, -0.05) is 12.2 Å². The zero-order chi connectivity index (χ0) is 6.53. The van der Waals surface area contributed by atoms with Crippen molar-refractivity contribution in [3.63, 3.8) is 0 Å². The van der Waals surface area contributed by atoms with Crippen molar-refractivity contribution in [2.45, 2.75) is 19.8 Å². The first-order valence-electron chi connectivity index (χ1n) is 3.29. The number of aliphatic imine (C=N–C) groups is 1. The summed E-state index contributed by atoms with van der Waals surface area (Å²) in [7, 11) is 0. The molecule has 0 amide bonds. The fourth-order valence-electron chi connectivity index (χ4n) is 0.844. The molecule has 0 bridgehead atoms. The maximum atomic E-state index is 4.13. The molecule has 1 heteroatoms. The van der Waals surface area contributed by atoms with Gasteiger partial charge in [0.15, 0.2) is 0 Å². The highest BCUT2D eigenvalue weighted by atomic mass is 14.7. The van der Waals surface area contributed by atoms with Gasteiger partial charge in [-0.05, 0) is 25.8 Å². The predicted molar refractivity (Wildman–Crippen MR) is 40.6 cm³/mol. The SMILES string of the molecule is CC=NC1=CCCC=C1. The Balaban J connectivity index is 2.58. The molecule has 9 heavy (non-hydrogen) atoms. The van der Waals surface area contributed by atoms with Crippen LogP contribution in [0.5, 0.6) is 0 Å². The van der Waals surface area contributed by atoms with Crippen molar-refractivity contribution in [2.75, 3.05) is 0 Å². The maximum absolute atomic E-state index is 4.13. The highest BCUT2D eigenvalue weighted by Gasteiger charge is 1.90. The van der Waals surface area contributed by atoms with E-state index in [2.05, 4.69) is 23.2 Å². The van der Waals surface area contributed by atoms with E-state index in [1.54, 1.807) is 0 Å². The largest absolute Gasteiger partial charge is 0.262 e. The number of hydrogen-bond donors (Lipinski definition) is 0. The van der Waals surface area contributed by atoms with Crippen molar-refractivity contribution in [1.29, 1.82) is 0 Å². The zero-order valence-corrected chi connectivity index (χ0v) is 5.67. The van der Waals surface area contributed by atoms with E-state index in [0.717, 1.165) is 12.1 Å². The van der Waals surface area contributed by atoms with E-state index in [9.17, 15) is 0 Å². The summed E-state index contributed by atoms with van der Waals surface area (Å²) < 4.78 is 0. The van der Waals surface area contributed by atoms with E-state index < -0.39 is 0 Å². The molecule has 1 rings (SSSR count). The second-order valence-electron chi connectivity index (χ2n) is 2.00. The molecule has 0 saturated heterocycles. The standard InChI is InChI=1S/C8H11N/c1-2-9-8-6-4-3-5-7-8/h2,4,6-7H,3,5H2,1H3. The smallest absolute Gasteiger partial charge is 0.0582 e. The minimum atomic E-state index is 1.10. The average Bonchev–Trinajstić information content (AvgIpc) is 1.91. The first-order valence-corrected chi connectivity index (χ1v) is 3.29. The molecule has 1 aliphatic carbocycles. The van der Waals surface area contributed by atoms with E-state index >= 15 is 0 Å². The Morgan fingerprint density at radius 2 is 2.44 bits per heavy atom. The molecule has 0 radical (unpaired) electrons. The van der Waals surface area contributed by atoms with Gasteiger partial charge >= 0.3 is 0 Å². The molecular weight excluding hydrogens is 110 g/mol. The minimum absolute atomic E-state index is 1.10. The molecular formula is C8H11N. The van der Waals surface area contributed by atoms with Crippen molar-refractivity contribution in [3.8, 4) is 0 Å². The van der Waals surface area contributed by atoms with E-state index in [0.29, 0.717) is 0 Å². The van der Waals surface area contributed by atoms with Crippen LogP contribution in [-0.2, 0) is 0 Å². The topological polar surface area (TPSA) is 12.4 Å². The first kappa shape index (κ1) is 6.27. The molecule has 0 aromatic carbocycles. The summed E-state index contributed by atoms with van der Waals surface area (Å²) in [6.45, 7) is 1.93. The summed E-state index contributed by atoms with van der Waals surface area (Å²) >= 11 is 0. The van der Waals surface area contributed by atoms with E-state index in [1.165, 1.54) is 6.42 Å². The number of allylic oxidation sites excluding steroid dienone is 3. The summed E-state index contributed by atoms with van der Waals surface area (Å²) in [5.74, 6) is 0. The lowest BCUT2D eigenvalue weighted by molar-refractivity contribution is 1.01. The van der Waals surface area contributed by atoms with Crippen molar-refractivity contribution in [3.05, 3.63) is 23.9 Å². The fourth-order valence-corrected chi connectivity index (χ4v) is 0.844. The molecule has 48 valence electrons. The second kappa shape index (κ2) is 3.23. The third-order valence-corrected chi connectivity index (χ3v) is 1.25. The molecule has 0 atom stereocenters. The lowest BCUT2D eigenvalue weighted by atomic mass is 10.1. The molecule has 0 fully saturated rings. The maximum Gasteiger partial charge on any atom is 0.0582 e. The average molecular weight is 121 g/mol. The monoisotopic (exact) mass is 121 g/mol. The van der Waals surface area contributed by atoms with Crippen LogP contribution in [0.4, 0.5) is 0 Å². The Morgan fingerprint density at radius 3 is 3.00 bits per heavy atom. The van der Waals surface area contributed by atoms with Gasteiger partial charge in [0, 0.05) is 6.21 Å². The zero-order valence-electron chi connectivity index (χ0n) is 5.67. The molecule has 0 heterocycles. The summed E-state index contributed by atoms with van der Waals surface area (Å²) in [5.41, 5.74) is 1.10. The van der Waals surface area contributed by atoms with E-state index in [-0.39, 0.29) is 0 Å². The minimum Gasteiger partial charge on any atom is -0.262 e. The van der Waals surface area contributed by atoms with Gasteiger partial charge in [0.25, 0.3) is 0 Å². The fraction of sp³-hybridized carbons (Fsp3) is 0.375. The first-order chi connectivity index (χ1) is 4.43. The van der Waals surface area contributed by atoms with Crippen LogP contribution in [0.1, 0.15) is 19.8 Å². The Labute approximate surface area is 55.8 Å². The van der Waals surface area contributed by atoms with Gasteiger partial charge in [0.1, 0.15) is 0 Å². The van der Waals surface area contributed by atoms with Gasteiger partial charge in [-0.25, -0.2) is 0 Å². The predicted octanol–water partition coefficient (Wildman–Crippen LogP) is 2.31. The highest BCUT2D eigenvalue weighted by Crippen LogP contribution is 2.09. The molecule has 0 aliphatic heterocycles. The van der Waals surface area contributed by atoms with Gasteiger partial charge < -0.3 is 0 Å². The van der Waals surface area contributed by atoms with Crippen molar-refractivity contribution in [1.82, 2.24) is 0 Å². The van der Waals surface area contributed by atoms with Crippen LogP contribution in [0.2, 0.25) is 0 Å².